The number of ketones is 1. The Kier molecular flexibility index (Phi) is 3.73. The summed E-state index contributed by atoms with van der Waals surface area (Å²) in [5.74, 6) is 2.86. The van der Waals surface area contributed by atoms with Gasteiger partial charge in [0.15, 0.2) is 23.9 Å². The first-order valence-electron chi connectivity index (χ1n) is 9.70. The third-order valence-corrected chi connectivity index (χ3v) is 6.75. The summed E-state index contributed by atoms with van der Waals surface area (Å²) in [6, 6.07) is 7.24. The Bertz CT molecular complexity index is 704. The highest BCUT2D eigenvalue weighted by atomic mass is 16.6. The van der Waals surface area contributed by atoms with Gasteiger partial charge in [-0.2, -0.15) is 0 Å². The zero-order chi connectivity index (χ0) is 17.7. The number of carbonyl (C=O) groups is 2. The van der Waals surface area contributed by atoms with Gasteiger partial charge in [-0.3, -0.25) is 4.79 Å². The molecule has 5 aliphatic rings. The van der Waals surface area contributed by atoms with Crippen molar-refractivity contribution in [3.8, 4) is 11.5 Å². The molecule has 0 unspecified atom stereocenters. The maximum Gasteiger partial charge on any atom is 0.351 e. The molecule has 4 fully saturated rings. The number of benzene rings is 1. The van der Waals surface area contributed by atoms with Crippen LogP contribution < -0.4 is 9.47 Å². The van der Waals surface area contributed by atoms with E-state index in [-0.39, 0.29) is 24.4 Å². The van der Waals surface area contributed by atoms with Crippen molar-refractivity contribution in [3.05, 3.63) is 24.3 Å². The second-order valence-corrected chi connectivity index (χ2v) is 8.59. The van der Waals surface area contributed by atoms with Gasteiger partial charge in [-0.15, -0.1) is 0 Å². The number of para-hydroxylation sites is 2. The van der Waals surface area contributed by atoms with Crippen molar-refractivity contribution in [1.29, 1.82) is 0 Å². The van der Waals surface area contributed by atoms with Gasteiger partial charge in [0, 0.05) is 5.41 Å². The lowest BCUT2D eigenvalue weighted by atomic mass is 9.48. The second kappa shape index (κ2) is 6.00. The highest BCUT2D eigenvalue weighted by molar-refractivity contribution is 5.88. The number of Topliss-reactive ketones (excluding diaryl/α,β-unsaturated/α-hetero) is 1. The predicted molar refractivity (Wildman–Crippen MR) is 92.9 cm³/mol. The summed E-state index contributed by atoms with van der Waals surface area (Å²) in [5, 5.41) is 0. The van der Waals surface area contributed by atoms with E-state index in [1.165, 1.54) is 19.3 Å². The summed E-state index contributed by atoms with van der Waals surface area (Å²) in [6.07, 6.45) is 6.04. The third kappa shape index (κ3) is 2.68. The van der Waals surface area contributed by atoms with Crippen molar-refractivity contribution in [2.75, 3.05) is 13.2 Å². The topological polar surface area (TPSA) is 61.8 Å². The number of fused-ring (bicyclic) bond motifs is 1. The van der Waals surface area contributed by atoms with Crippen LogP contribution in [0.3, 0.4) is 0 Å². The van der Waals surface area contributed by atoms with Crippen molar-refractivity contribution >= 4 is 11.8 Å². The summed E-state index contributed by atoms with van der Waals surface area (Å²) in [6.45, 7) is -0.0199. The Morgan fingerprint density at radius 1 is 1.00 bits per heavy atom. The fourth-order valence-electron chi connectivity index (χ4n) is 5.97. The smallest absolute Gasteiger partial charge is 0.351 e. The first kappa shape index (κ1) is 16.2. The van der Waals surface area contributed by atoms with E-state index >= 15 is 0 Å². The Morgan fingerprint density at radius 3 is 2.27 bits per heavy atom. The molecule has 1 aromatic carbocycles. The maximum absolute atomic E-state index is 12.9. The number of rotatable bonds is 4. The van der Waals surface area contributed by atoms with Gasteiger partial charge in [0.25, 0.3) is 0 Å². The van der Waals surface area contributed by atoms with E-state index in [4.69, 9.17) is 14.2 Å². The fraction of sp³-hybridized carbons (Fsp3) is 0.619. The summed E-state index contributed by atoms with van der Waals surface area (Å²) in [4.78, 5) is 25.3. The Morgan fingerprint density at radius 2 is 1.62 bits per heavy atom. The van der Waals surface area contributed by atoms with E-state index in [1.807, 2.05) is 12.1 Å². The van der Waals surface area contributed by atoms with Crippen molar-refractivity contribution in [2.24, 2.45) is 23.2 Å². The monoisotopic (exact) mass is 356 g/mol. The van der Waals surface area contributed by atoms with Crippen LogP contribution in [0, 0.1) is 23.2 Å². The molecule has 4 bridgehead atoms. The third-order valence-electron chi connectivity index (χ3n) is 6.75. The zero-order valence-electron chi connectivity index (χ0n) is 14.8. The van der Waals surface area contributed by atoms with E-state index in [0.29, 0.717) is 29.3 Å². The van der Waals surface area contributed by atoms with E-state index in [0.717, 1.165) is 19.3 Å². The lowest BCUT2D eigenvalue weighted by molar-refractivity contribution is -0.163. The van der Waals surface area contributed by atoms with Crippen molar-refractivity contribution in [1.82, 2.24) is 0 Å². The molecule has 0 aromatic heterocycles. The molecule has 26 heavy (non-hydrogen) atoms. The number of ether oxygens (including phenoxy) is 3. The van der Waals surface area contributed by atoms with Crippen LogP contribution in [-0.2, 0) is 14.3 Å². The van der Waals surface area contributed by atoms with E-state index in [9.17, 15) is 9.59 Å². The lowest BCUT2D eigenvalue weighted by Gasteiger charge is -2.55. The molecule has 1 atom stereocenters. The Labute approximate surface area is 153 Å². The molecule has 0 amide bonds. The number of hydrogen-bond acceptors (Lipinski definition) is 5. The van der Waals surface area contributed by atoms with E-state index in [1.54, 1.807) is 12.1 Å². The normalized spacial score (nSPS) is 36.6. The van der Waals surface area contributed by atoms with Crippen LogP contribution in [-0.4, -0.2) is 31.1 Å². The predicted octanol–water partition coefficient (Wildman–Crippen LogP) is 3.16. The highest BCUT2D eigenvalue weighted by Gasteiger charge is 2.54. The minimum absolute atomic E-state index is 0.113. The number of hydrogen-bond donors (Lipinski definition) is 0. The molecule has 0 radical (unpaired) electrons. The molecule has 1 aliphatic heterocycles. The summed E-state index contributed by atoms with van der Waals surface area (Å²) in [7, 11) is 0. The van der Waals surface area contributed by atoms with Crippen LogP contribution in [0.4, 0.5) is 0 Å². The van der Waals surface area contributed by atoms with Gasteiger partial charge in [-0.1, -0.05) is 12.1 Å². The van der Waals surface area contributed by atoms with Crippen molar-refractivity contribution in [2.45, 2.75) is 44.6 Å². The van der Waals surface area contributed by atoms with Crippen LogP contribution in [0.5, 0.6) is 11.5 Å². The molecular formula is C21H24O5. The first-order valence-corrected chi connectivity index (χ1v) is 9.70. The van der Waals surface area contributed by atoms with Crippen LogP contribution in [0.2, 0.25) is 0 Å². The summed E-state index contributed by atoms with van der Waals surface area (Å²) in [5.41, 5.74) is -0.231. The Hall–Kier alpha value is -2.04. The van der Waals surface area contributed by atoms with Crippen LogP contribution in [0.25, 0.3) is 0 Å². The van der Waals surface area contributed by atoms with Gasteiger partial charge >= 0.3 is 5.97 Å². The largest absolute Gasteiger partial charge is 0.485 e. The van der Waals surface area contributed by atoms with Gasteiger partial charge in [0.2, 0.25) is 6.10 Å². The summed E-state index contributed by atoms with van der Waals surface area (Å²) < 4.78 is 16.6. The van der Waals surface area contributed by atoms with Crippen molar-refractivity contribution in [3.63, 3.8) is 0 Å². The Balaban J connectivity index is 1.20. The SMILES string of the molecule is O=C(OCC(=O)C12CC3CC(CC(C3)C1)C2)[C@H]1COc2ccccc2O1. The average Bonchev–Trinajstić information content (AvgIpc) is 2.64. The molecule has 4 saturated carbocycles. The molecule has 0 N–H and O–H groups in total. The van der Waals surface area contributed by atoms with Crippen LogP contribution in [0.1, 0.15) is 38.5 Å². The minimum Gasteiger partial charge on any atom is -0.485 e. The van der Waals surface area contributed by atoms with E-state index in [2.05, 4.69) is 0 Å². The van der Waals surface area contributed by atoms with Crippen LogP contribution >= 0.6 is 0 Å². The lowest BCUT2D eigenvalue weighted by Crippen LogP contribution is -2.51. The molecule has 0 saturated heterocycles. The molecule has 1 aromatic rings. The van der Waals surface area contributed by atoms with Gasteiger partial charge in [0.05, 0.1) is 0 Å². The molecule has 5 heteroatoms. The minimum atomic E-state index is -0.811. The maximum atomic E-state index is 12.9. The van der Waals surface area contributed by atoms with E-state index < -0.39 is 12.1 Å². The second-order valence-electron chi connectivity index (χ2n) is 8.59. The average molecular weight is 356 g/mol. The van der Waals surface area contributed by atoms with Gasteiger partial charge in [-0.05, 0) is 68.4 Å². The molecule has 138 valence electrons. The quantitative estimate of drug-likeness (QED) is 0.776. The molecule has 0 spiro atoms. The zero-order valence-corrected chi connectivity index (χ0v) is 14.8. The standard InChI is InChI=1S/C21H24O5/c22-19(21-8-13-5-14(9-21)7-15(6-13)10-21)12-25-20(23)18-11-24-16-3-1-2-4-17(16)26-18/h1-4,13-15,18H,5-12H2/t13?,14?,15?,18-,21?/m1/s1. The van der Waals surface area contributed by atoms with Crippen LogP contribution in [0.15, 0.2) is 24.3 Å². The van der Waals surface area contributed by atoms with Gasteiger partial charge in [0.1, 0.15) is 6.61 Å². The van der Waals surface area contributed by atoms with Gasteiger partial charge in [-0.25, -0.2) is 4.79 Å². The number of carbonyl (C=O) groups excluding carboxylic acids is 2. The summed E-state index contributed by atoms with van der Waals surface area (Å²) >= 11 is 0. The molecule has 5 nitrogen and oxygen atoms in total. The molecular weight excluding hydrogens is 332 g/mol. The van der Waals surface area contributed by atoms with Crippen molar-refractivity contribution < 1.29 is 23.8 Å². The number of esters is 1. The fourth-order valence-corrected chi connectivity index (χ4v) is 5.97. The molecule has 6 rings (SSSR count). The molecule has 4 aliphatic carbocycles. The van der Waals surface area contributed by atoms with Gasteiger partial charge < -0.3 is 14.2 Å². The molecule has 1 heterocycles. The first-order chi connectivity index (χ1) is 12.6. The highest BCUT2D eigenvalue weighted by Crippen LogP contribution is 2.60.